The van der Waals surface area contributed by atoms with E-state index in [4.69, 9.17) is 61.6 Å². The molecule has 0 heterocycles. The van der Waals surface area contributed by atoms with Crippen molar-refractivity contribution in [3.63, 3.8) is 0 Å². The number of ether oxygens (including phenoxy) is 13. The Bertz CT molecular complexity index is 3680. The smallest absolute Gasteiger partial charge is 0.313 e. The maximum Gasteiger partial charge on any atom is 0.313 e. The second-order valence-electron chi connectivity index (χ2n) is 49.3. The van der Waals surface area contributed by atoms with Crippen LogP contribution < -0.4 is 0 Å². The quantitative estimate of drug-likeness (QED) is 0.0252. The lowest BCUT2D eigenvalue weighted by Crippen LogP contribution is -2.50. The molecule has 20 nitrogen and oxygen atoms in total. The van der Waals surface area contributed by atoms with Gasteiger partial charge in [0.15, 0.2) is 37.7 Å². The molecule has 20 rings (SSSR count). The molecule has 0 radical (unpaired) electrons. The molecule has 0 saturated heterocycles. The summed E-state index contributed by atoms with van der Waals surface area (Å²) in [6.07, 6.45) is 44.0. The van der Waals surface area contributed by atoms with Gasteiger partial charge in [-0.05, 0) is 470 Å². The molecule has 30 atom stereocenters. The van der Waals surface area contributed by atoms with E-state index in [0.717, 1.165) is 183 Å². The summed E-state index contributed by atoms with van der Waals surface area (Å²) < 4.78 is 74.6. The van der Waals surface area contributed by atoms with E-state index in [9.17, 15) is 33.6 Å². The van der Waals surface area contributed by atoms with Crippen LogP contribution in [0.25, 0.3) is 0 Å². The summed E-state index contributed by atoms with van der Waals surface area (Å²) in [4.78, 5) is 83.0. The number of esters is 7. The van der Waals surface area contributed by atoms with Crippen molar-refractivity contribution in [2.45, 2.75) is 595 Å². The molecule has 20 saturated carbocycles. The molecule has 0 aromatic heterocycles. The van der Waals surface area contributed by atoms with Crippen molar-refractivity contribution in [1.29, 1.82) is 0 Å². The first-order valence-electron chi connectivity index (χ1n) is 55.3. The van der Waals surface area contributed by atoms with E-state index in [1.807, 2.05) is 180 Å². The van der Waals surface area contributed by atoms with Gasteiger partial charge < -0.3 is 61.6 Å². The van der Waals surface area contributed by atoms with Gasteiger partial charge in [0.25, 0.3) is 0 Å². The highest BCUT2D eigenvalue weighted by Crippen LogP contribution is 2.70. The zero-order chi connectivity index (χ0) is 96.8. The molecule has 30 unspecified atom stereocenters. The molecule has 20 bridgehead atoms. The van der Waals surface area contributed by atoms with E-state index >= 15 is 0 Å². The Kier molecular flexibility index (Phi) is 64.1. The molecule has 0 aliphatic heterocycles. The van der Waals surface area contributed by atoms with Crippen LogP contribution in [0.3, 0.4) is 0 Å². The van der Waals surface area contributed by atoms with Crippen LogP contribution in [0.15, 0.2) is 0 Å². The summed E-state index contributed by atoms with van der Waals surface area (Å²) in [7, 11) is 0. The van der Waals surface area contributed by atoms with Crippen molar-refractivity contribution >= 4 is 41.8 Å². The van der Waals surface area contributed by atoms with E-state index in [1.165, 1.54) is 167 Å². The lowest BCUT2D eigenvalue weighted by molar-refractivity contribution is -0.224. The van der Waals surface area contributed by atoms with Crippen LogP contribution >= 0.6 is 0 Å². The zero-order valence-corrected chi connectivity index (χ0v) is 88.2. The molecule has 0 amide bonds. The lowest BCUT2D eigenvalue weighted by Gasteiger charge is -2.54. The van der Waals surface area contributed by atoms with Gasteiger partial charge in [0, 0.05) is 0 Å². The number of hydrogen-bond acceptors (Lipinski definition) is 20. The Morgan fingerprint density at radius 1 is 0.224 bits per heavy atom. The van der Waals surface area contributed by atoms with Gasteiger partial charge in [-0.25, -0.2) is 0 Å². The monoisotopic (exact) mass is 2090 g/mol. The molecule has 874 valence electrons. The Balaban J connectivity index is -0.00000163. The number of carbonyl (C=O) groups is 7. The Morgan fingerprint density at radius 3 is 0.714 bits per heavy atom. The fraction of sp³-hybridized carbons (Fsp3) is 0.945. The Labute approximate surface area is 908 Å². The van der Waals surface area contributed by atoms with Crippen LogP contribution in [-0.2, 0) is 95.1 Å². The van der Waals surface area contributed by atoms with Gasteiger partial charge in [-0.3, -0.25) is 33.6 Å². The maximum atomic E-state index is 12.2. The highest BCUT2D eigenvalue weighted by atomic mass is 16.7. The van der Waals surface area contributed by atoms with Gasteiger partial charge in [0.1, 0.15) is 5.60 Å². The zero-order valence-electron chi connectivity index (χ0n) is 88.2. The average molecular weight is 2090 g/mol. The SMILES string of the molecule is C.C.C.C.C.C.C.C.C.C.C.C.C.C.CCC(C)(C)C(=O)OC(C)OC1C2CC3CC(C2)CC1C3.CCC(C)(C)C(=O)OC(C)OC1CC2CC1C1C3CCC(C3)C21.CCC(C)(C)C(=O)OC(C)OC1CC2CCC1C2.CCC(C)C(=O)OC(C)(C)CC.CCC(C)C(=O)OC(C)OC1C2CC3CC(C2)CC1C3.CCC(C)C(=O)OC(C)OC1CC2CC1C1C3CCC(C3)C21.CCC(C)C(=O)OC(C)OC1CC2CCC1C2. The van der Waals surface area contributed by atoms with Gasteiger partial charge in [-0.2, -0.15) is 0 Å². The molecule has 20 aliphatic rings. The third-order valence-corrected chi connectivity index (χ3v) is 38.4. The van der Waals surface area contributed by atoms with Crippen LogP contribution in [0, 0.1) is 182 Å². The topological polar surface area (TPSA) is 239 Å². The number of rotatable bonds is 34. The minimum Gasteiger partial charge on any atom is -0.459 e. The molecule has 20 fully saturated rings. The number of hydrogen-bond donors (Lipinski definition) is 0. The Morgan fingerprint density at radius 2 is 0.463 bits per heavy atom. The lowest BCUT2D eigenvalue weighted by atomic mass is 9.55. The van der Waals surface area contributed by atoms with Crippen LogP contribution in [-0.4, -0.2) is 122 Å². The summed E-state index contributed by atoms with van der Waals surface area (Å²) in [5.41, 5.74) is -1.55. The molecule has 0 aromatic carbocycles. The second-order valence-corrected chi connectivity index (χ2v) is 49.3. The molecular weight excluding hydrogens is 1850 g/mol. The van der Waals surface area contributed by atoms with Crippen LogP contribution in [0.2, 0.25) is 0 Å². The third-order valence-electron chi connectivity index (χ3n) is 38.4. The van der Waals surface area contributed by atoms with Crippen LogP contribution in [0.5, 0.6) is 0 Å². The Hall–Kier alpha value is -3.95. The van der Waals surface area contributed by atoms with E-state index < -0.39 is 35.1 Å². The fourth-order valence-corrected chi connectivity index (χ4v) is 29.1. The summed E-state index contributed by atoms with van der Waals surface area (Å²) in [5.74, 6) is 20.0. The highest BCUT2D eigenvalue weighted by Gasteiger charge is 2.65. The van der Waals surface area contributed by atoms with Crippen molar-refractivity contribution in [2.24, 2.45) is 182 Å². The standard InChI is InChI=1S/C20H32O3.C19H30O3.C18H30O3.C17H28O3.C15H26O3.C14H24O3.C10H20O2.14CH4/c1-5-20(3,4)19(21)23-11(2)22-16-10-14-9-15(16)18-13-7-6-12(8-13)17(14)18;1-4-10(2)19(20)22-11(3)21-16-9-14-8-15(16)18-13-6-5-12(7-13)17(14)18;1-5-18(3,4)17(19)21-11(2)20-16-14-7-12-6-13(9-14)10-15(16)8-12;1-4-10(2)17(18)20-11(3)19-16-14-6-12-5-13(8-14)9-15(16)7-12;1-5-15(3,4)14(16)18-10(2)17-13-9-11-6-7-12(13)8-11;1-4-9(2)14(15)17-10(3)16-13-8-11-5-6-12(13)7-11;1-6-8(3)9(11)12-10(4,5)7-2;;;;;;;;;;;;;;/h11-18H,5-10H2,1-4H3;10-18H,4-9H2,1-3H3;11-16H,5-10H2,1-4H3;10-16H,4-9H2,1-3H3;10-13H,5-9H2,1-4H3;9-13H,4-8H2,1-3H3;8H,6-7H2,1-5H3;14*1H4. The van der Waals surface area contributed by atoms with Gasteiger partial charge in [-0.15, -0.1) is 0 Å². The van der Waals surface area contributed by atoms with Crippen molar-refractivity contribution < 1.29 is 95.1 Å². The molecule has 147 heavy (non-hydrogen) atoms. The number of carbonyl (C=O) groups excluding carboxylic acids is 7. The minimum absolute atomic E-state index is 0. The number of fused-ring (bicyclic) bond motifs is 22. The van der Waals surface area contributed by atoms with Gasteiger partial charge in [0.2, 0.25) is 0 Å². The van der Waals surface area contributed by atoms with E-state index in [-0.39, 0.29) is 194 Å². The predicted octanol–water partition coefficient (Wildman–Crippen LogP) is 34.6. The first-order valence-corrected chi connectivity index (χ1v) is 55.3. The molecule has 0 aromatic rings. The first-order chi connectivity index (χ1) is 62.9. The molecule has 20 aliphatic carbocycles. The van der Waals surface area contributed by atoms with Gasteiger partial charge in [0.05, 0.1) is 76.5 Å². The van der Waals surface area contributed by atoms with E-state index in [0.29, 0.717) is 60.3 Å². The largest absolute Gasteiger partial charge is 0.459 e. The fourth-order valence-electron chi connectivity index (χ4n) is 29.1. The molecule has 20 heteroatoms. The summed E-state index contributed by atoms with van der Waals surface area (Å²) in [5, 5.41) is 0. The van der Waals surface area contributed by atoms with Crippen molar-refractivity contribution in [1.82, 2.24) is 0 Å². The van der Waals surface area contributed by atoms with E-state index in [1.54, 1.807) is 0 Å². The summed E-state index contributed by atoms with van der Waals surface area (Å²) in [6, 6.07) is 0. The van der Waals surface area contributed by atoms with Gasteiger partial charge >= 0.3 is 41.8 Å². The van der Waals surface area contributed by atoms with Crippen molar-refractivity contribution in [3.05, 3.63) is 0 Å². The van der Waals surface area contributed by atoms with Crippen molar-refractivity contribution in [2.75, 3.05) is 0 Å². The van der Waals surface area contributed by atoms with Crippen LogP contribution in [0.4, 0.5) is 0 Å². The molecule has 0 spiro atoms. The molecular formula is C127H246O20. The molecule has 0 N–H and O–H groups in total. The van der Waals surface area contributed by atoms with Gasteiger partial charge in [-0.1, -0.05) is 187 Å². The summed E-state index contributed by atoms with van der Waals surface area (Å²) >= 11 is 0. The highest BCUT2D eigenvalue weighted by molar-refractivity contribution is 5.77. The summed E-state index contributed by atoms with van der Waals surface area (Å²) in [6.45, 7) is 50.4. The normalized spacial score (nSPS) is 34.6. The van der Waals surface area contributed by atoms with E-state index in [2.05, 4.69) is 0 Å². The van der Waals surface area contributed by atoms with Crippen LogP contribution in [0.1, 0.15) is 515 Å². The first kappa shape index (κ1) is 147. The average Bonchev–Trinajstić information content (AvgIpc) is 1.56. The second kappa shape index (κ2) is 64.1. The minimum atomic E-state index is -0.415. The predicted molar refractivity (Wildman–Crippen MR) is 610 cm³/mol. The van der Waals surface area contributed by atoms with Crippen molar-refractivity contribution in [3.8, 4) is 0 Å². The maximum absolute atomic E-state index is 12.2. The third kappa shape index (κ3) is 36.8.